The first-order chi connectivity index (χ1) is 15.4. The summed E-state index contributed by atoms with van der Waals surface area (Å²) in [5, 5.41) is 14.6. The molecule has 3 aromatic rings. The molecule has 0 saturated heterocycles. The van der Waals surface area contributed by atoms with Crippen molar-refractivity contribution in [1.29, 1.82) is 0 Å². The number of rotatable bonds is 7. The van der Waals surface area contributed by atoms with E-state index in [2.05, 4.69) is 15.5 Å². The molecule has 0 spiro atoms. The number of aryl methyl sites for hydroxylation is 1. The van der Waals surface area contributed by atoms with Gasteiger partial charge in [0.05, 0.1) is 29.4 Å². The minimum absolute atomic E-state index is 0.131. The van der Waals surface area contributed by atoms with Gasteiger partial charge in [-0.3, -0.25) is 19.9 Å². The van der Waals surface area contributed by atoms with Crippen LogP contribution in [0.25, 0.3) is 0 Å². The first-order valence-corrected chi connectivity index (χ1v) is 9.28. The maximum Gasteiger partial charge on any atom is 0.343 e. The molecular weight excluding hydrogens is 416 g/mol. The van der Waals surface area contributed by atoms with Gasteiger partial charge in [-0.1, -0.05) is 0 Å². The number of pyridine rings is 1. The molecule has 10 heteroatoms. The summed E-state index contributed by atoms with van der Waals surface area (Å²) in [6.45, 7) is 1.82. The number of methoxy groups -OCH3 is 1. The van der Waals surface area contributed by atoms with E-state index in [1.807, 2.05) is 6.92 Å². The summed E-state index contributed by atoms with van der Waals surface area (Å²) in [5.41, 5.74) is 4.17. The van der Waals surface area contributed by atoms with E-state index in [-0.39, 0.29) is 22.7 Å². The maximum absolute atomic E-state index is 12.3. The smallest absolute Gasteiger partial charge is 0.343 e. The molecule has 0 aliphatic carbocycles. The van der Waals surface area contributed by atoms with Crippen LogP contribution in [0.1, 0.15) is 32.0 Å². The maximum atomic E-state index is 12.3. The van der Waals surface area contributed by atoms with Crippen LogP contribution in [0.3, 0.4) is 0 Å². The summed E-state index contributed by atoms with van der Waals surface area (Å²) in [7, 11) is 1.41. The normalized spacial score (nSPS) is 10.6. The number of ether oxygens (including phenoxy) is 2. The van der Waals surface area contributed by atoms with Crippen molar-refractivity contribution in [3.63, 3.8) is 0 Å². The van der Waals surface area contributed by atoms with Crippen LogP contribution in [0.2, 0.25) is 0 Å². The fourth-order valence-electron chi connectivity index (χ4n) is 2.56. The van der Waals surface area contributed by atoms with E-state index < -0.39 is 16.8 Å². The molecule has 1 aromatic heterocycles. The number of amides is 1. The lowest BCUT2D eigenvalue weighted by Gasteiger charge is -2.10. The van der Waals surface area contributed by atoms with Crippen molar-refractivity contribution in [3.8, 4) is 11.5 Å². The van der Waals surface area contributed by atoms with E-state index in [4.69, 9.17) is 9.47 Å². The molecule has 32 heavy (non-hydrogen) atoms. The molecule has 0 bridgehead atoms. The largest absolute Gasteiger partial charge is 0.493 e. The number of aromatic nitrogens is 1. The average Bonchev–Trinajstić information content (AvgIpc) is 2.80. The van der Waals surface area contributed by atoms with Crippen LogP contribution in [0.5, 0.6) is 11.5 Å². The van der Waals surface area contributed by atoms with Crippen LogP contribution >= 0.6 is 0 Å². The SMILES string of the molecule is COc1cc(/C=N/NC(=O)c2ccc(C)nc2)ccc1OC(=O)c1ccc([N+](=O)[O-])cc1. The second kappa shape index (κ2) is 9.94. The number of non-ortho nitro benzene ring substituents is 1. The summed E-state index contributed by atoms with van der Waals surface area (Å²) in [4.78, 5) is 38.6. The van der Waals surface area contributed by atoms with Crippen molar-refractivity contribution in [2.24, 2.45) is 5.10 Å². The summed E-state index contributed by atoms with van der Waals surface area (Å²) >= 11 is 0. The Morgan fingerprint density at radius 1 is 1.06 bits per heavy atom. The first kappa shape index (κ1) is 22.1. The summed E-state index contributed by atoms with van der Waals surface area (Å²) < 4.78 is 10.6. The van der Waals surface area contributed by atoms with Crippen molar-refractivity contribution in [2.75, 3.05) is 7.11 Å². The molecule has 10 nitrogen and oxygen atoms in total. The Hall–Kier alpha value is -4.60. The van der Waals surface area contributed by atoms with Crippen LogP contribution in [-0.4, -0.2) is 35.1 Å². The first-order valence-electron chi connectivity index (χ1n) is 9.28. The van der Waals surface area contributed by atoms with Crippen molar-refractivity contribution in [2.45, 2.75) is 6.92 Å². The molecule has 0 unspecified atom stereocenters. The lowest BCUT2D eigenvalue weighted by molar-refractivity contribution is -0.384. The Kier molecular flexibility index (Phi) is 6.86. The quantitative estimate of drug-likeness (QED) is 0.198. The third kappa shape index (κ3) is 5.51. The van der Waals surface area contributed by atoms with Crippen molar-refractivity contribution < 1.29 is 24.0 Å². The molecule has 0 radical (unpaired) electrons. The van der Waals surface area contributed by atoms with Gasteiger partial charge < -0.3 is 9.47 Å². The molecule has 162 valence electrons. The molecule has 0 atom stereocenters. The van der Waals surface area contributed by atoms with Gasteiger partial charge in [-0.05, 0) is 55.0 Å². The topological polar surface area (TPSA) is 133 Å². The monoisotopic (exact) mass is 434 g/mol. The molecule has 2 aromatic carbocycles. The molecule has 1 amide bonds. The van der Waals surface area contributed by atoms with E-state index in [0.29, 0.717) is 11.1 Å². The second-order valence-electron chi connectivity index (χ2n) is 6.49. The number of nitrogens with one attached hydrogen (secondary N) is 1. The molecule has 0 saturated carbocycles. The highest BCUT2D eigenvalue weighted by Gasteiger charge is 2.14. The molecule has 1 N–H and O–H groups in total. The lowest BCUT2D eigenvalue weighted by Crippen LogP contribution is -2.17. The van der Waals surface area contributed by atoms with Crippen LogP contribution in [-0.2, 0) is 0 Å². The molecule has 0 aliphatic heterocycles. The molecule has 3 rings (SSSR count). The van der Waals surface area contributed by atoms with Crippen LogP contribution in [0.4, 0.5) is 5.69 Å². The standard InChI is InChI=1S/C22H18N4O6/c1-14-3-5-17(13-23-14)21(27)25-24-12-15-4-10-19(20(11-15)31-2)32-22(28)16-6-8-18(9-7-16)26(29)30/h3-13H,1-2H3,(H,25,27)/b24-12+. The Morgan fingerprint density at radius 2 is 1.78 bits per heavy atom. The van der Waals surface area contributed by atoms with Gasteiger partial charge in [0.1, 0.15) is 0 Å². The number of nitro benzene ring substituents is 1. The minimum atomic E-state index is -0.696. The summed E-state index contributed by atoms with van der Waals surface area (Å²) in [5.74, 6) is -0.686. The molecule has 0 fully saturated rings. The van der Waals surface area contributed by atoms with Gasteiger partial charge in [0.2, 0.25) is 0 Å². The van der Waals surface area contributed by atoms with Gasteiger partial charge >= 0.3 is 5.97 Å². The zero-order valence-electron chi connectivity index (χ0n) is 17.1. The van der Waals surface area contributed by atoms with Crippen molar-refractivity contribution >= 4 is 23.8 Å². The minimum Gasteiger partial charge on any atom is -0.493 e. The number of nitrogens with zero attached hydrogens (tertiary/aromatic N) is 3. The number of carbonyl (C=O) groups is 2. The number of hydrogen-bond acceptors (Lipinski definition) is 8. The van der Waals surface area contributed by atoms with E-state index in [1.165, 1.54) is 49.9 Å². The van der Waals surface area contributed by atoms with Crippen molar-refractivity contribution in [3.05, 3.63) is 93.3 Å². The fourth-order valence-corrected chi connectivity index (χ4v) is 2.56. The van der Waals surface area contributed by atoms with E-state index in [1.54, 1.807) is 24.3 Å². The third-order valence-corrected chi connectivity index (χ3v) is 4.26. The summed E-state index contributed by atoms with van der Waals surface area (Å²) in [6, 6.07) is 13.1. The van der Waals surface area contributed by atoms with Gasteiger partial charge in [0, 0.05) is 24.0 Å². The number of hydrogen-bond donors (Lipinski definition) is 1. The van der Waals surface area contributed by atoms with Crippen LogP contribution in [0, 0.1) is 17.0 Å². The Labute approximate surface area is 182 Å². The predicted octanol–water partition coefficient (Wildman–Crippen LogP) is 3.29. The average molecular weight is 434 g/mol. The van der Waals surface area contributed by atoms with Gasteiger partial charge in [-0.2, -0.15) is 5.10 Å². The molecule has 1 heterocycles. The number of benzene rings is 2. The van der Waals surface area contributed by atoms with Crippen LogP contribution in [0.15, 0.2) is 65.9 Å². The van der Waals surface area contributed by atoms with Gasteiger partial charge in [-0.15, -0.1) is 0 Å². The highest BCUT2D eigenvalue weighted by Crippen LogP contribution is 2.28. The zero-order valence-corrected chi connectivity index (χ0v) is 17.1. The van der Waals surface area contributed by atoms with E-state index >= 15 is 0 Å². The Bertz CT molecular complexity index is 1170. The number of hydrazone groups is 1. The highest BCUT2D eigenvalue weighted by molar-refractivity contribution is 5.95. The van der Waals surface area contributed by atoms with Crippen LogP contribution < -0.4 is 14.9 Å². The van der Waals surface area contributed by atoms with Crippen molar-refractivity contribution in [1.82, 2.24) is 10.4 Å². The van der Waals surface area contributed by atoms with Gasteiger partial charge in [-0.25, -0.2) is 10.2 Å². The number of carbonyl (C=O) groups excluding carboxylic acids is 2. The van der Waals surface area contributed by atoms with Gasteiger partial charge in [0.15, 0.2) is 11.5 Å². The zero-order chi connectivity index (χ0) is 23.1. The number of esters is 1. The second-order valence-corrected chi connectivity index (χ2v) is 6.49. The van der Waals surface area contributed by atoms with E-state index in [9.17, 15) is 19.7 Å². The predicted molar refractivity (Wildman–Crippen MR) is 115 cm³/mol. The lowest BCUT2D eigenvalue weighted by atomic mass is 10.2. The van der Waals surface area contributed by atoms with Gasteiger partial charge in [0.25, 0.3) is 11.6 Å². The third-order valence-electron chi connectivity index (χ3n) is 4.26. The Morgan fingerprint density at radius 3 is 2.41 bits per heavy atom. The molecule has 0 aliphatic rings. The summed E-state index contributed by atoms with van der Waals surface area (Å²) in [6.07, 6.45) is 2.86. The fraction of sp³-hybridized carbons (Fsp3) is 0.0909. The number of nitro groups is 1. The van der Waals surface area contributed by atoms with E-state index in [0.717, 1.165) is 5.69 Å². The molecular formula is C22H18N4O6. The Balaban J connectivity index is 1.66. The highest BCUT2D eigenvalue weighted by atomic mass is 16.6.